The lowest BCUT2D eigenvalue weighted by Gasteiger charge is -2.14. The molecular weight excluding hydrogens is 159 g/mol. The first-order valence-corrected chi connectivity index (χ1v) is 4.51. The third-order valence-corrected chi connectivity index (χ3v) is 2.12. The average molecular weight is 174 g/mol. The van der Waals surface area contributed by atoms with E-state index in [0.717, 1.165) is 5.57 Å². The van der Waals surface area contributed by atoms with Crippen LogP contribution < -0.4 is 0 Å². The molecule has 0 aromatic heterocycles. The van der Waals surface area contributed by atoms with Gasteiger partial charge in [-0.05, 0) is 12.8 Å². The maximum Gasteiger partial charge on any atom is 0.0550 e. The minimum Gasteiger partial charge on any atom is -0.165 e. The highest BCUT2D eigenvalue weighted by Crippen LogP contribution is 2.25. The second kappa shape index (κ2) is 5.42. The van der Waals surface area contributed by atoms with Crippen LogP contribution in [0.2, 0.25) is 0 Å². The number of halogens is 1. The summed E-state index contributed by atoms with van der Waals surface area (Å²) in [6, 6.07) is 0. The second-order valence-electron chi connectivity index (χ2n) is 2.79. The summed E-state index contributed by atoms with van der Waals surface area (Å²) in [4.78, 5) is 0. The lowest BCUT2D eigenvalue weighted by Crippen LogP contribution is -2.05. The SMILES string of the molecule is C=C/C=C(/C(C)C)C(C)SF. The van der Waals surface area contributed by atoms with Gasteiger partial charge >= 0.3 is 0 Å². The second-order valence-corrected chi connectivity index (χ2v) is 3.67. The zero-order valence-electron chi connectivity index (χ0n) is 7.30. The molecule has 0 bridgehead atoms. The minimum absolute atomic E-state index is 0.0481. The lowest BCUT2D eigenvalue weighted by molar-refractivity contribution is 0.731. The molecule has 0 rings (SSSR count). The molecule has 64 valence electrons. The van der Waals surface area contributed by atoms with Crippen molar-refractivity contribution in [1.82, 2.24) is 0 Å². The number of allylic oxidation sites excluding steroid dienone is 2. The van der Waals surface area contributed by atoms with Gasteiger partial charge in [0.1, 0.15) is 0 Å². The largest absolute Gasteiger partial charge is 0.165 e. The summed E-state index contributed by atoms with van der Waals surface area (Å²) in [5.74, 6) is 0.395. The molecule has 0 heterocycles. The molecule has 0 fully saturated rings. The maximum atomic E-state index is 12.2. The predicted octanol–water partition coefficient (Wildman–Crippen LogP) is 3.76. The summed E-state index contributed by atoms with van der Waals surface area (Å²) in [6.45, 7) is 9.57. The van der Waals surface area contributed by atoms with Gasteiger partial charge in [-0.1, -0.05) is 38.2 Å². The Bertz CT molecular complexity index is 150. The Kier molecular flexibility index (Phi) is 5.30. The van der Waals surface area contributed by atoms with E-state index in [1.807, 2.05) is 13.0 Å². The van der Waals surface area contributed by atoms with Gasteiger partial charge in [-0.15, -0.1) is 0 Å². The van der Waals surface area contributed by atoms with Gasteiger partial charge in [0, 0.05) is 0 Å². The first kappa shape index (κ1) is 10.8. The van der Waals surface area contributed by atoms with Crippen molar-refractivity contribution in [2.45, 2.75) is 26.0 Å². The van der Waals surface area contributed by atoms with Crippen molar-refractivity contribution < 1.29 is 3.89 Å². The van der Waals surface area contributed by atoms with E-state index in [1.54, 1.807) is 6.08 Å². The van der Waals surface area contributed by atoms with E-state index in [9.17, 15) is 3.89 Å². The van der Waals surface area contributed by atoms with E-state index in [0.29, 0.717) is 18.1 Å². The van der Waals surface area contributed by atoms with Crippen LogP contribution in [0.3, 0.4) is 0 Å². The van der Waals surface area contributed by atoms with Crippen molar-refractivity contribution in [2.75, 3.05) is 0 Å². The molecule has 0 saturated carbocycles. The molecule has 0 N–H and O–H groups in total. The van der Waals surface area contributed by atoms with Crippen LogP contribution in [0.1, 0.15) is 20.8 Å². The number of rotatable bonds is 4. The summed E-state index contributed by atoms with van der Waals surface area (Å²) in [7, 11) is 0. The van der Waals surface area contributed by atoms with E-state index in [1.165, 1.54) is 0 Å². The predicted molar refractivity (Wildman–Crippen MR) is 51.3 cm³/mol. The fourth-order valence-corrected chi connectivity index (χ4v) is 1.44. The highest BCUT2D eigenvalue weighted by Gasteiger charge is 2.11. The van der Waals surface area contributed by atoms with Gasteiger partial charge in [-0.25, -0.2) is 0 Å². The molecule has 2 heteroatoms. The van der Waals surface area contributed by atoms with E-state index in [4.69, 9.17) is 0 Å². The average Bonchev–Trinajstić information content (AvgIpc) is 1.98. The zero-order valence-corrected chi connectivity index (χ0v) is 8.12. The third kappa shape index (κ3) is 3.61. The molecule has 1 atom stereocenters. The standard InChI is InChI=1S/C9H15FS/c1-5-6-9(7(2)3)8(4)11-10/h5-8H,1H2,2-4H3/b9-6-. The van der Waals surface area contributed by atoms with Crippen LogP contribution in [0, 0.1) is 5.92 Å². The Balaban J connectivity index is 4.33. The molecule has 0 saturated heterocycles. The monoisotopic (exact) mass is 174 g/mol. The molecule has 0 aliphatic heterocycles. The van der Waals surface area contributed by atoms with Crippen molar-refractivity contribution in [3.63, 3.8) is 0 Å². The van der Waals surface area contributed by atoms with Crippen LogP contribution in [0.5, 0.6) is 0 Å². The van der Waals surface area contributed by atoms with Crippen molar-refractivity contribution in [1.29, 1.82) is 0 Å². The van der Waals surface area contributed by atoms with Crippen LogP contribution in [-0.2, 0) is 0 Å². The summed E-state index contributed by atoms with van der Waals surface area (Å²) >= 11 is 0.385. The Morgan fingerprint density at radius 3 is 2.27 bits per heavy atom. The quantitative estimate of drug-likeness (QED) is 0.585. The zero-order chi connectivity index (χ0) is 8.85. The first-order valence-electron chi connectivity index (χ1n) is 3.73. The Labute approximate surface area is 72.9 Å². The third-order valence-electron chi connectivity index (χ3n) is 1.58. The van der Waals surface area contributed by atoms with Crippen LogP contribution in [0.25, 0.3) is 0 Å². The molecule has 11 heavy (non-hydrogen) atoms. The number of hydrogen-bond acceptors (Lipinski definition) is 1. The molecule has 0 nitrogen and oxygen atoms in total. The molecule has 1 unspecified atom stereocenters. The van der Waals surface area contributed by atoms with E-state index in [-0.39, 0.29) is 5.25 Å². The van der Waals surface area contributed by atoms with Crippen molar-refractivity contribution in [3.8, 4) is 0 Å². The van der Waals surface area contributed by atoms with Crippen molar-refractivity contribution in [3.05, 3.63) is 24.3 Å². The van der Waals surface area contributed by atoms with Gasteiger partial charge in [0.15, 0.2) is 0 Å². The Morgan fingerprint density at radius 2 is 2.00 bits per heavy atom. The molecule has 0 amide bonds. The molecule has 0 radical (unpaired) electrons. The van der Waals surface area contributed by atoms with Gasteiger partial charge in [-0.2, -0.15) is 3.89 Å². The Morgan fingerprint density at radius 1 is 1.45 bits per heavy atom. The molecule has 0 aliphatic rings. The fourth-order valence-electron chi connectivity index (χ4n) is 0.985. The van der Waals surface area contributed by atoms with Crippen molar-refractivity contribution >= 4 is 12.1 Å². The van der Waals surface area contributed by atoms with Crippen LogP contribution >= 0.6 is 12.1 Å². The normalized spacial score (nSPS) is 15.2. The molecule has 0 aromatic carbocycles. The molecular formula is C9H15FS. The highest BCUT2D eigenvalue weighted by atomic mass is 32.2. The maximum absolute atomic E-state index is 12.2. The van der Waals surface area contributed by atoms with Crippen LogP contribution in [0.4, 0.5) is 3.89 Å². The molecule has 0 aliphatic carbocycles. The van der Waals surface area contributed by atoms with Gasteiger partial charge in [0.05, 0.1) is 17.4 Å². The van der Waals surface area contributed by atoms with E-state index >= 15 is 0 Å². The molecule has 0 aromatic rings. The Hall–Kier alpha value is -0.240. The minimum atomic E-state index is -0.0481. The summed E-state index contributed by atoms with van der Waals surface area (Å²) in [5.41, 5.74) is 1.10. The van der Waals surface area contributed by atoms with Gasteiger partial charge in [0.25, 0.3) is 0 Å². The van der Waals surface area contributed by atoms with Crippen molar-refractivity contribution in [2.24, 2.45) is 5.92 Å². The summed E-state index contributed by atoms with van der Waals surface area (Å²) in [5, 5.41) is -0.0481. The van der Waals surface area contributed by atoms with Crippen LogP contribution in [-0.4, -0.2) is 5.25 Å². The van der Waals surface area contributed by atoms with Gasteiger partial charge < -0.3 is 0 Å². The van der Waals surface area contributed by atoms with E-state index < -0.39 is 0 Å². The topological polar surface area (TPSA) is 0 Å². The smallest absolute Gasteiger partial charge is 0.0550 e. The summed E-state index contributed by atoms with van der Waals surface area (Å²) < 4.78 is 12.2. The van der Waals surface area contributed by atoms with Gasteiger partial charge in [0.2, 0.25) is 0 Å². The highest BCUT2D eigenvalue weighted by molar-refractivity contribution is 7.95. The fraction of sp³-hybridized carbons (Fsp3) is 0.556. The van der Waals surface area contributed by atoms with E-state index in [2.05, 4.69) is 20.4 Å². The molecule has 0 spiro atoms. The van der Waals surface area contributed by atoms with Crippen LogP contribution in [0.15, 0.2) is 24.3 Å². The number of hydrogen-bond donors (Lipinski definition) is 0. The van der Waals surface area contributed by atoms with Gasteiger partial charge in [-0.3, -0.25) is 0 Å². The summed E-state index contributed by atoms with van der Waals surface area (Å²) in [6.07, 6.45) is 3.60. The lowest BCUT2D eigenvalue weighted by atomic mass is 10.0. The first-order chi connectivity index (χ1) is 5.13.